The first-order valence-corrected chi connectivity index (χ1v) is 12.2. The van der Waals surface area contributed by atoms with Gasteiger partial charge in [-0.2, -0.15) is 5.10 Å². The van der Waals surface area contributed by atoms with Crippen molar-refractivity contribution in [2.75, 3.05) is 20.6 Å². The van der Waals surface area contributed by atoms with Crippen LogP contribution in [0.25, 0.3) is 56.0 Å². The van der Waals surface area contributed by atoms with E-state index >= 15 is 0 Å². The van der Waals surface area contributed by atoms with Crippen molar-refractivity contribution in [3.8, 4) is 33.9 Å². The predicted octanol–water partition coefficient (Wildman–Crippen LogP) is 4.63. The highest BCUT2D eigenvalue weighted by Crippen LogP contribution is 2.33. The number of aromatic amines is 2. The molecule has 0 fully saturated rings. The van der Waals surface area contributed by atoms with Gasteiger partial charge in [0.1, 0.15) is 11.5 Å². The molecule has 0 saturated heterocycles. The summed E-state index contributed by atoms with van der Waals surface area (Å²) >= 11 is 0. The van der Waals surface area contributed by atoms with E-state index in [0.29, 0.717) is 34.8 Å². The van der Waals surface area contributed by atoms with Crippen LogP contribution in [0.5, 0.6) is 0 Å². The fourth-order valence-corrected chi connectivity index (χ4v) is 4.72. The molecule has 0 bridgehead atoms. The monoisotopic (exact) mass is 507 g/mol. The van der Waals surface area contributed by atoms with Crippen LogP contribution in [0, 0.1) is 12.7 Å². The molecule has 38 heavy (non-hydrogen) atoms. The number of aryl methyl sites for hydroxylation is 1. The van der Waals surface area contributed by atoms with Crippen molar-refractivity contribution in [1.29, 1.82) is 0 Å². The molecule has 1 aromatic carbocycles. The third-order valence-corrected chi connectivity index (χ3v) is 6.60. The van der Waals surface area contributed by atoms with E-state index in [0.717, 1.165) is 38.9 Å². The van der Waals surface area contributed by atoms with Crippen molar-refractivity contribution in [2.24, 2.45) is 5.73 Å². The van der Waals surface area contributed by atoms with Gasteiger partial charge in [-0.25, -0.2) is 14.4 Å². The summed E-state index contributed by atoms with van der Waals surface area (Å²) in [6.07, 6.45) is 6.99. The predicted molar refractivity (Wildman–Crippen MR) is 146 cm³/mol. The molecule has 10 heteroatoms. The number of rotatable bonds is 6. The highest BCUT2D eigenvalue weighted by Gasteiger charge is 2.18. The standard InChI is InChI=1S/C28H26FN9/c1-15-4-6-31-12-21(15)23-11-20-24(13-33-23)36-37-26(20)28-34-25-19(5-7-32-27(25)35-28)16-8-17(10-18(29)9-16)22(30)14-38(2)3/h4-13,22H,14,30H2,1-3H3,(H,36,37)(H,32,34,35). The molecule has 0 amide bonds. The number of hydrogen-bond donors (Lipinski definition) is 3. The zero-order chi connectivity index (χ0) is 26.4. The number of nitrogens with two attached hydrogens (primary N) is 1. The minimum absolute atomic E-state index is 0.323. The Labute approximate surface area is 218 Å². The number of likely N-dealkylation sites (N-methyl/N-ethyl adjacent to an activating group) is 1. The molecule has 5 aromatic heterocycles. The molecule has 1 atom stereocenters. The van der Waals surface area contributed by atoms with Gasteiger partial charge in [0.2, 0.25) is 0 Å². The molecule has 0 aliphatic rings. The Hall–Kier alpha value is -4.54. The van der Waals surface area contributed by atoms with Gasteiger partial charge in [-0.3, -0.25) is 15.1 Å². The van der Waals surface area contributed by atoms with Crippen LogP contribution in [0.4, 0.5) is 4.39 Å². The van der Waals surface area contributed by atoms with Gasteiger partial charge in [0, 0.05) is 47.7 Å². The lowest BCUT2D eigenvalue weighted by atomic mass is 9.99. The quantitative estimate of drug-likeness (QED) is 0.300. The zero-order valence-electron chi connectivity index (χ0n) is 21.2. The van der Waals surface area contributed by atoms with Crippen LogP contribution in [-0.4, -0.2) is 60.7 Å². The lowest BCUT2D eigenvalue weighted by Crippen LogP contribution is -2.26. The van der Waals surface area contributed by atoms with Gasteiger partial charge >= 0.3 is 0 Å². The van der Waals surface area contributed by atoms with Gasteiger partial charge in [-0.15, -0.1) is 0 Å². The second-order valence-corrected chi connectivity index (χ2v) is 9.66. The Morgan fingerprint density at radius 2 is 1.89 bits per heavy atom. The molecule has 5 heterocycles. The third kappa shape index (κ3) is 4.29. The molecule has 0 aliphatic heterocycles. The average molecular weight is 508 g/mol. The molecule has 4 N–H and O–H groups in total. The van der Waals surface area contributed by atoms with Gasteiger partial charge < -0.3 is 15.6 Å². The lowest BCUT2D eigenvalue weighted by Gasteiger charge is -2.18. The number of pyridine rings is 3. The summed E-state index contributed by atoms with van der Waals surface area (Å²) in [5.41, 5.74) is 14.0. The van der Waals surface area contributed by atoms with E-state index < -0.39 is 0 Å². The summed E-state index contributed by atoms with van der Waals surface area (Å²) in [6.45, 7) is 2.63. The molecule has 0 saturated carbocycles. The summed E-state index contributed by atoms with van der Waals surface area (Å²) in [5, 5.41) is 8.42. The van der Waals surface area contributed by atoms with Crippen LogP contribution in [0.15, 0.2) is 61.2 Å². The molecular formula is C28H26FN9. The van der Waals surface area contributed by atoms with Crippen molar-refractivity contribution in [3.05, 3.63) is 78.1 Å². The Balaban J connectivity index is 1.45. The smallest absolute Gasteiger partial charge is 0.178 e. The Morgan fingerprint density at radius 3 is 2.71 bits per heavy atom. The molecule has 0 spiro atoms. The van der Waals surface area contributed by atoms with Crippen molar-refractivity contribution < 1.29 is 4.39 Å². The van der Waals surface area contributed by atoms with Gasteiger partial charge in [0.25, 0.3) is 0 Å². The van der Waals surface area contributed by atoms with E-state index in [1.54, 1.807) is 24.8 Å². The molecule has 1 unspecified atom stereocenters. The number of hydrogen-bond acceptors (Lipinski definition) is 7. The Kier molecular flexibility index (Phi) is 5.90. The summed E-state index contributed by atoms with van der Waals surface area (Å²) in [7, 11) is 3.88. The van der Waals surface area contributed by atoms with Gasteiger partial charge in [0.15, 0.2) is 11.5 Å². The molecule has 0 radical (unpaired) electrons. The number of imidazole rings is 1. The van der Waals surface area contributed by atoms with Gasteiger partial charge in [-0.05, 0) is 74.1 Å². The van der Waals surface area contributed by atoms with E-state index in [1.807, 2.05) is 50.2 Å². The van der Waals surface area contributed by atoms with Gasteiger partial charge in [-0.1, -0.05) is 0 Å². The second kappa shape index (κ2) is 9.40. The maximum absolute atomic E-state index is 14.7. The van der Waals surface area contributed by atoms with Crippen LogP contribution in [-0.2, 0) is 0 Å². The summed E-state index contributed by atoms with van der Waals surface area (Å²) in [4.78, 5) is 23.4. The summed E-state index contributed by atoms with van der Waals surface area (Å²) in [5.74, 6) is 0.202. The maximum Gasteiger partial charge on any atom is 0.178 e. The van der Waals surface area contributed by atoms with Crippen LogP contribution >= 0.6 is 0 Å². The maximum atomic E-state index is 14.7. The average Bonchev–Trinajstić information content (AvgIpc) is 3.51. The highest BCUT2D eigenvalue weighted by molar-refractivity contribution is 5.96. The summed E-state index contributed by atoms with van der Waals surface area (Å²) < 4.78 is 14.7. The fourth-order valence-electron chi connectivity index (χ4n) is 4.72. The molecule has 9 nitrogen and oxygen atoms in total. The van der Waals surface area contributed by atoms with E-state index in [-0.39, 0.29) is 11.9 Å². The number of benzene rings is 1. The summed E-state index contributed by atoms with van der Waals surface area (Å²) in [6, 6.07) is 10.4. The number of nitrogens with one attached hydrogen (secondary N) is 2. The van der Waals surface area contributed by atoms with Gasteiger partial charge in [0.05, 0.1) is 22.9 Å². The first-order chi connectivity index (χ1) is 18.4. The molecule has 6 rings (SSSR count). The van der Waals surface area contributed by atoms with Crippen molar-refractivity contribution >= 4 is 22.1 Å². The third-order valence-electron chi connectivity index (χ3n) is 6.60. The molecule has 190 valence electrons. The minimum atomic E-state index is -0.347. The largest absolute Gasteiger partial charge is 0.335 e. The molecule has 6 aromatic rings. The molecule has 0 aliphatic carbocycles. The number of aromatic nitrogens is 7. The van der Waals surface area contributed by atoms with Crippen molar-refractivity contribution in [1.82, 2.24) is 40.0 Å². The number of nitrogens with zero attached hydrogens (tertiary/aromatic N) is 6. The minimum Gasteiger partial charge on any atom is -0.335 e. The van der Waals surface area contributed by atoms with E-state index in [2.05, 4.69) is 30.1 Å². The van der Waals surface area contributed by atoms with E-state index in [4.69, 9.17) is 10.7 Å². The number of fused-ring (bicyclic) bond motifs is 2. The lowest BCUT2D eigenvalue weighted by molar-refractivity contribution is 0.376. The first kappa shape index (κ1) is 23.8. The molecular weight excluding hydrogens is 481 g/mol. The first-order valence-electron chi connectivity index (χ1n) is 12.2. The van der Waals surface area contributed by atoms with Crippen LogP contribution < -0.4 is 5.73 Å². The SMILES string of the molecule is Cc1ccncc1-c1cc2c(-c3nc4nccc(-c5cc(F)cc(C(N)CN(C)C)c5)c4[nH]3)n[nH]c2cn1. The second-order valence-electron chi connectivity index (χ2n) is 9.66. The highest BCUT2D eigenvalue weighted by atomic mass is 19.1. The Bertz CT molecular complexity index is 1790. The van der Waals surface area contributed by atoms with E-state index in [1.165, 1.54) is 12.1 Å². The topological polar surface area (TPSA) is 125 Å². The zero-order valence-corrected chi connectivity index (χ0v) is 21.2. The van der Waals surface area contributed by atoms with Crippen LogP contribution in [0.3, 0.4) is 0 Å². The van der Waals surface area contributed by atoms with Crippen molar-refractivity contribution in [2.45, 2.75) is 13.0 Å². The fraction of sp³-hybridized carbons (Fsp3) is 0.179. The van der Waals surface area contributed by atoms with Crippen LogP contribution in [0.1, 0.15) is 17.2 Å². The number of H-pyrrole nitrogens is 2. The number of halogens is 1. The van der Waals surface area contributed by atoms with E-state index in [9.17, 15) is 4.39 Å². The van der Waals surface area contributed by atoms with Crippen molar-refractivity contribution in [3.63, 3.8) is 0 Å². The normalized spacial score (nSPS) is 12.6. The van der Waals surface area contributed by atoms with Crippen LogP contribution in [0.2, 0.25) is 0 Å². The Morgan fingerprint density at radius 1 is 1.03 bits per heavy atom.